The number of aromatic nitrogens is 1. The zero-order valence-electron chi connectivity index (χ0n) is 11.1. The van der Waals surface area contributed by atoms with E-state index in [9.17, 15) is 0 Å². The van der Waals surface area contributed by atoms with E-state index in [1.165, 1.54) is 11.1 Å². The Bertz CT molecular complexity index is 482. The molecule has 0 saturated carbocycles. The van der Waals surface area contributed by atoms with Crippen molar-refractivity contribution in [1.82, 2.24) is 10.3 Å². The number of hydrogen-bond donors (Lipinski definition) is 1. The van der Waals surface area contributed by atoms with Gasteiger partial charge < -0.3 is 5.32 Å². The average Bonchev–Trinajstić information content (AvgIpc) is 2.46. The standard InChI is InChI=1S/C16H19ClN2/c1-2-14(15-5-7-16(17)8-6-15)12-19-11-13-4-3-9-18-10-13/h3-10,14,19H,2,11-12H2,1H3. The average molecular weight is 275 g/mol. The lowest BCUT2D eigenvalue weighted by Gasteiger charge is -2.16. The van der Waals surface area contributed by atoms with Gasteiger partial charge in [0.05, 0.1) is 0 Å². The summed E-state index contributed by atoms with van der Waals surface area (Å²) in [4.78, 5) is 4.12. The Labute approximate surface area is 119 Å². The van der Waals surface area contributed by atoms with Gasteiger partial charge in [0.15, 0.2) is 0 Å². The normalized spacial score (nSPS) is 12.3. The number of benzene rings is 1. The van der Waals surface area contributed by atoms with Crippen molar-refractivity contribution in [2.24, 2.45) is 0 Å². The molecule has 0 radical (unpaired) electrons. The molecule has 1 aromatic heterocycles. The minimum Gasteiger partial charge on any atom is -0.312 e. The maximum absolute atomic E-state index is 5.92. The van der Waals surface area contributed by atoms with Gasteiger partial charge in [-0.3, -0.25) is 4.98 Å². The van der Waals surface area contributed by atoms with Crippen molar-refractivity contribution in [2.45, 2.75) is 25.8 Å². The van der Waals surface area contributed by atoms with Crippen molar-refractivity contribution in [1.29, 1.82) is 0 Å². The van der Waals surface area contributed by atoms with E-state index in [2.05, 4.69) is 35.4 Å². The number of halogens is 1. The van der Waals surface area contributed by atoms with Gasteiger partial charge in [-0.15, -0.1) is 0 Å². The molecule has 100 valence electrons. The summed E-state index contributed by atoms with van der Waals surface area (Å²) >= 11 is 5.92. The first kappa shape index (κ1) is 14.0. The van der Waals surface area contributed by atoms with Crippen molar-refractivity contribution >= 4 is 11.6 Å². The summed E-state index contributed by atoms with van der Waals surface area (Å²) in [5.74, 6) is 0.522. The van der Waals surface area contributed by atoms with Gasteiger partial charge in [-0.05, 0) is 41.7 Å². The van der Waals surface area contributed by atoms with Crippen molar-refractivity contribution in [2.75, 3.05) is 6.54 Å². The number of nitrogens with zero attached hydrogens (tertiary/aromatic N) is 1. The highest BCUT2D eigenvalue weighted by atomic mass is 35.5. The lowest BCUT2D eigenvalue weighted by Crippen LogP contribution is -2.21. The first-order valence-electron chi connectivity index (χ1n) is 6.64. The topological polar surface area (TPSA) is 24.9 Å². The molecule has 1 unspecified atom stereocenters. The van der Waals surface area contributed by atoms with E-state index in [4.69, 9.17) is 11.6 Å². The van der Waals surface area contributed by atoms with Crippen LogP contribution in [0.1, 0.15) is 30.4 Å². The molecule has 3 heteroatoms. The molecule has 0 aliphatic rings. The molecular formula is C16H19ClN2. The highest BCUT2D eigenvalue weighted by molar-refractivity contribution is 6.30. The minimum absolute atomic E-state index is 0.522. The first-order valence-corrected chi connectivity index (χ1v) is 7.02. The van der Waals surface area contributed by atoms with Crippen LogP contribution in [-0.4, -0.2) is 11.5 Å². The zero-order valence-corrected chi connectivity index (χ0v) is 11.9. The Hall–Kier alpha value is -1.38. The van der Waals surface area contributed by atoms with Crippen LogP contribution in [0.5, 0.6) is 0 Å². The second-order valence-corrected chi connectivity index (χ2v) is 5.09. The molecule has 1 aromatic carbocycles. The van der Waals surface area contributed by atoms with Gasteiger partial charge in [0.25, 0.3) is 0 Å². The second-order valence-electron chi connectivity index (χ2n) is 4.65. The van der Waals surface area contributed by atoms with Gasteiger partial charge in [0.2, 0.25) is 0 Å². The van der Waals surface area contributed by atoms with Crippen LogP contribution in [0.25, 0.3) is 0 Å². The molecule has 2 nitrogen and oxygen atoms in total. The van der Waals surface area contributed by atoms with Crippen LogP contribution in [-0.2, 0) is 6.54 Å². The molecule has 1 atom stereocenters. The van der Waals surface area contributed by atoms with Crippen LogP contribution in [0.2, 0.25) is 5.02 Å². The quantitative estimate of drug-likeness (QED) is 0.861. The lowest BCUT2D eigenvalue weighted by atomic mass is 9.96. The van der Waals surface area contributed by atoms with Crippen molar-refractivity contribution < 1.29 is 0 Å². The van der Waals surface area contributed by atoms with E-state index < -0.39 is 0 Å². The molecule has 1 heterocycles. The maximum atomic E-state index is 5.92. The summed E-state index contributed by atoms with van der Waals surface area (Å²) in [6.45, 7) is 4.04. The van der Waals surface area contributed by atoms with Crippen LogP contribution in [0, 0.1) is 0 Å². The highest BCUT2D eigenvalue weighted by Crippen LogP contribution is 2.20. The molecule has 0 fully saturated rings. The summed E-state index contributed by atoms with van der Waals surface area (Å²) < 4.78 is 0. The number of pyridine rings is 1. The molecule has 0 aliphatic carbocycles. The third-order valence-corrected chi connectivity index (χ3v) is 3.53. The molecule has 2 aromatic rings. The summed E-state index contributed by atoms with van der Waals surface area (Å²) in [6, 6.07) is 12.2. The minimum atomic E-state index is 0.522. The molecule has 0 saturated heterocycles. The van der Waals surface area contributed by atoms with Gasteiger partial charge in [-0.1, -0.05) is 36.7 Å². The maximum Gasteiger partial charge on any atom is 0.0406 e. The molecule has 1 N–H and O–H groups in total. The third kappa shape index (κ3) is 4.34. The number of hydrogen-bond acceptors (Lipinski definition) is 2. The SMILES string of the molecule is CCC(CNCc1cccnc1)c1ccc(Cl)cc1. The number of nitrogens with one attached hydrogen (secondary N) is 1. The van der Waals surface area contributed by atoms with E-state index in [1.807, 2.05) is 24.4 Å². The third-order valence-electron chi connectivity index (χ3n) is 3.28. The van der Waals surface area contributed by atoms with Crippen molar-refractivity contribution in [3.63, 3.8) is 0 Å². The molecule has 2 rings (SSSR count). The fourth-order valence-electron chi connectivity index (χ4n) is 2.13. The van der Waals surface area contributed by atoms with Gasteiger partial charge in [-0.25, -0.2) is 0 Å². The van der Waals surface area contributed by atoms with Crippen LogP contribution in [0.4, 0.5) is 0 Å². The van der Waals surface area contributed by atoms with Gasteiger partial charge in [0, 0.05) is 30.5 Å². The van der Waals surface area contributed by atoms with E-state index in [0.717, 1.165) is 24.5 Å². The largest absolute Gasteiger partial charge is 0.312 e. The first-order chi connectivity index (χ1) is 9.29. The Morgan fingerprint density at radius 1 is 1.21 bits per heavy atom. The van der Waals surface area contributed by atoms with Crippen LogP contribution < -0.4 is 5.32 Å². The predicted octanol–water partition coefficient (Wildman–Crippen LogP) is 4.02. The summed E-state index contributed by atoms with van der Waals surface area (Å²) in [7, 11) is 0. The zero-order chi connectivity index (χ0) is 13.5. The molecule has 0 aliphatic heterocycles. The molecule has 19 heavy (non-hydrogen) atoms. The summed E-state index contributed by atoms with van der Waals surface area (Å²) in [6.07, 6.45) is 4.81. The van der Waals surface area contributed by atoms with Crippen molar-refractivity contribution in [3.8, 4) is 0 Å². The monoisotopic (exact) mass is 274 g/mol. The lowest BCUT2D eigenvalue weighted by molar-refractivity contribution is 0.569. The van der Waals surface area contributed by atoms with E-state index in [1.54, 1.807) is 6.20 Å². The van der Waals surface area contributed by atoms with E-state index in [-0.39, 0.29) is 0 Å². The Morgan fingerprint density at radius 2 is 2.00 bits per heavy atom. The predicted molar refractivity (Wildman–Crippen MR) is 80.4 cm³/mol. The molecular weight excluding hydrogens is 256 g/mol. The molecule has 0 bridgehead atoms. The van der Waals surface area contributed by atoms with Crippen LogP contribution in [0.15, 0.2) is 48.8 Å². The Morgan fingerprint density at radius 3 is 2.63 bits per heavy atom. The Kier molecular flexibility index (Phi) is 5.37. The fraction of sp³-hybridized carbons (Fsp3) is 0.312. The second kappa shape index (κ2) is 7.27. The summed E-state index contributed by atoms with van der Waals surface area (Å²) in [5, 5.41) is 4.29. The van der Waals surface area contributed by atoms with Crippen molar-refractivity contribution in [3.05, 3.63) is 64.9 Å². The smallest absolute Gasteiger partial charge is 0.0406 e. The van der Waals surface area contributed by atoms with E-state index in [0.29, 0.717) is 5.92 Å². The Balaban J connectivity index is 1.87. The highest BCUT2D eigenvalue weighted by Gasteiger charge is 2.08. The van der Waals surface area contributed by atoms with Crippen LogP contribution >= 0.6 is 11.6 Å². The van der Waals surface area contributed by atoms with E-state index >= 15 is 0 Å². The summed E-state index contributed by atoms with van der Waals surface area (Å²) in [5.41, 5.74) is 2.55. The van der Waals surface area contributed by atoms with Gasteiger partial charge >= 0.3 is 0 Å². The van der Waals surface area contributed by atoms with Crippen LogP contribution in [0.3, 0.4) is 0 Å². The van der Waals surface area contributed by atoms with Gasteiger partial charge in [-0.2, -0.15) is 0 Å². The number of rotatable bonds is 6. The molecule has 0 spiro atoms. The van der Waals surface area contributed by atoms with Gasteiger partial charge in [0.1, 0.15) is 0 Å². The fourth-order valence-corrected chi connectivity index (χ4v) is 2.25. The molecule has 0 amide bonds.